The van der Waals surface area contributed by atoms with E-state index in [-0.39, 0.29) is 24.2 Å². The molecule has 1 saturated heterocycles. The van der Waals surface area contributed by atoms with Crippen LogP contribution in [0.5, 0.6) is 0 Å². The molecule has 2 heterocycles. The van der Waals surface area contributed by atoms with E-state index in [0.29, 0.717) is 29.9 Å². The molecule has 0 spiro atoms. The van der Waals surface area contributed by atoms with Crippen molar-refractivity contribution in [1.29, 1.82) is 10.5 Å². The molecule has 142 valence electrons. The number of aromatic nitrogens is 2. The van der Waals surface area contributed by atoms with Gasteiger partial charge in [-0.05, 0) is 35.4 Å². The monoisotopic (exact) mass is 382 g/mol. The van der Waals surface area contributed by atoms with Crippen LogP contribution >= 0.6 is 0 Å². The molecule has 29 heavy (non-hydrogen) atoms. The number of rotatable bonds is 4. The van der Waals surface area contributed by atoms with Gasteiger partial charge in [0, 0.05) is 43.5 Å². The Bertz CT molecular complexity index is 1140. The summed E-state index contributed by atoms with van der Waals surface area (Å²) in [5, 5.41) is 18.2. The maximum absolute atomic E-state index is 12.9. The molecule has 4 rings (SSSR count). The molecule has 1 aliphatic rings. The van der Waals surface area contributed by atoms with Gasteiger partial charge in [-0.3, -0.25) is 9.36 Å². The Labute approximate surface area is 168 Å². The molecule has 7 heteroatoms. The van der Waals surface area contributed by atoms with E-state index in [4.69, 9.17) is 11.0 Å². The van der Waals surface area contributed by atoms with Crippen molar-refractivity contribution in [2.75, 3.05) is 13.1 Å². The zero-order valence-corrected chi connectivity index (χ0v) is 15.6. The molecule has 2 N–H and O–H groups in total. The summed E-state index contributed by atoms with van der Waals surface area (Å²) in [5.41, 5.74) is 9.67. The van der Waals surface area contributed by atoms with Crippen molar-refractivity contribution in [3.63, 3.8) is 0 Å². The molecule has 0 radical (unpaired) electrons. The van der Waals surface area contributed by atoms with Crippen LogP contribution in [0.1, 0.15) is 38.8 Å². The van der Waals surface area contributed by atoms with Gasteiger partial charge in [-0.2, -0.15) is 10.5 Å². The highest BCUT2D eigenvalue weighted by atomic mass is 16.2. The Hall–Kier alpha value is -3.94. The third kappa shape index (κ3) is 3.36. The predicted molar refractivity (Wildman–Crippen MR) is 106 cm³/mol. The Morgan fingerprint density at radius 3 is 2.55 bits per heavy atom. The van der Waals surface area contributed by atoms with Gasteiger partial charge in [-0.15, -0.1) is 0 Å². The number of nitrogens with two attached hydrogens (primary N) is 1. The third-order valence-electron chi connectivity index (χ3n) is 5.23. The number of nitrogens with zero attached hydrogens (tertiary/aromatic N) is 5. The summed E-state index contributed by atoms with van der Waals surface area (Å²) in [6, 6.07) is 17.0. The fourth-order valence-corrected chi connectivity index (χ4v) is 3.54. The van der Waals surface area contributed by atoms with Crippen LogP contribution in [-0.4, -0.2) is 33.4 Å². The summed E-state index contributed by atoms with van der Waals surface area (Å²) in [6.07, 6.45) is 3.23. The minimum absolute atomic E-state index is 0.0571. The fourth-order valence-electron chi connectivity index (χ4n) is 3.54. The molecule has 0 saturated carbocycles. The van der Waals surface area contributed by atoms with E-state index in [9.17, 15) is 10.1 Å². The van der Waals surface area contributed by atoms with E-state index < -0.39 is 0 Å². The lowest BCUT2D eigenvalue weighted by atomic mass is 9.90. The number of nitriles is 2. The maximum atomic E-state index is 12.9. The van der Waals surface area contributed by atoms with E-state index in [1.165, 1.54) is 0 Å². The minimum Gasteiger partial charge on any atom is -0.337 e. The van der Waals surface area contributed by atoms with Gasteiger partial charge in [-0.1, -0.05) is 18.2 Å². The van der Waals surface area contributed by atoms with Crippen molar-refractivity contribution < 1.29 is 4.79 Å². The Kier molecular flexibility index (Phi) is 4.82. The second-order valence-corrected chi connectivity index (χ2v) is 6.92. The first kappa shape index (κ1) is 18.4. The van der Waals surface area contributed by atoms with Crippen LogP contribution in [0.3, 0.4) is 0 Å². The van der Waals surface area contributed by atoms with Gasteiger partial charge in [0.1, 0.15) is 6.07 Å². The average Bonchev–Trinajstić information content (AvgIpc) is 3.21. The molecule has 0 bridgehead atoms. The molecule has 1 amide bonds. The normalized spacial score (nSPS) is 13.4. The van der Waals surface area contributed by atoms with Gasteiger partial charge < -0.3 is 10.6 Å². The summed E-state index contributed by atoms with van der Waals surface area (Å²) in [5.74, 6) is 0.459. The number of carbonyl (C=O) groups excluding carboxylic acids is 1. The van der Waals surface area contributed by atoms with E-state index in [1.807, 2.05) is 24.3 Å². The molecule has 1 aromatic heterocycles. The molecule has 0 atom stereocenters. The number of likely N-dealkylation sites (tertiary alicyclic amines) is 1. The third-order valence-corrected chi connectivity index (χ3v) is 5.23. The van der Waals surface area contributed by atoms with E-state index in [1.54, 1.807) is 46.1 Å². The van der Waals surface area contributed by atoms with Gasteiger partial charge in [-0.25, -0.2) is 4.98 Å². The zero-order valence-electron chi connectivity index (χ0n) is 15.6. The maximum Gasteiger partial charge on any atom is 0.253 e. The molecule has 7 nitrogen and oxygen atoms in total. The topological polar surface area (TPSA) is 112 Å². The predicted octanol–water partition coefficient (Wildman–Crippen LogP) is 2.31. The smallest absolute Gasteiger partial charge is 0.253 e. The van der Waals surface area contributed by atoms with Gasteiger partial charge in [0.05, 0.1) is 17.3 Å². The Balaban J connectivity index is 1.53. The van der Waals surface area contributed by atoms with Crippen molar-refractivity contribution >= 4 is 5.91 Å². The van der Waals surface area contributed by atoms with Crippen LogP contribution in [0.2, 0.25) is 0 Å². The van der Waals surface area contributed by atoms with Gasteiger partial charge in [0.2, 0.25) is 5.82 Å². The summed E-state index contributed by atoms with van der Waals surface area (Å²) in [7, 11) is 0. The zero-order chi connectivity index (χ0) is 20.4. The lowest BCUT2D eigenvalue weighted by Gasteiger charge is -2.39. The van der Waals surface area contributed by atoms with Crippen LogP contribution in [-0.2, 0) is 6.54 Å². The molecule has 0 unspecified atom stereocenters. The van der Waals surface area contributed by atoms with Crippen molar-refractivity contribution in [2.45, 2.75) is 12.5 Å². The van der Waals surface area contributed by atoms with E-state index in [2.05, 4.69) is 11.1 Å². The molecule has 1 fully saturated rings. The number of hydrogen-bond donors (Lipinski definition) is 1. The highest BCUT2D eigenvalue weighted by Crippen LogP contribution is 2.29. The van der Waals surface area contributed by atoms with Crippen LogP contribution in [0, 0.1) is 22.7 Å². The Morgan fingerprint density at radius 1 is 1.14 bits per heavy atom. The first-order valence-electron chi connectivity index (χ1n) is 9.20. The number of amides is 1. The number of carbonyl (C=O) groups is 1. The van der Waals surface area contributed by atoms with Crippen molar-refractivity contribution in [1.82, 2.24) is 14.5 Å². The molecule has 3 aromatic rings. The number of benzene rings is 2. The lowest BCUT2D eigenvalue weighted by Crippen LogP contribution is -2.48. The van der Waals surface area contributed by atoms with Crippen molar-refractivity contribution in [3.8, 4) is 17.8 Å². The summed E-state index contributed by atoms with van der Waals surface area (Å²) in [6.45, 7) is 1.55. The van der Waals surface area contributed by atoms with Crippen LogP contribution in [0.4, 0.5) is 0 Å². The van der Waals surface area contributed by atoms with E-state index in [0.717, 1.165) is 11.1 Å². The summed E-state index contributed by atoms with van der Waals surface area (Å²) in [4.78, 5) is 18.8. The molecular weight excluding hydrogens is 364 g/mol. The standard InChI is InChI=1S/C22H18N6O/c23-10-15-1-3-16(4-2-15)19-13-27(14-19)22(29)17-5-6-18(11-24)20(9-17)28-8-7-26-21(28)12-25/h1-9,19H,11,13-14,24H2. The fraction of sp³-hybridized carbons (Fsp3) is 0.182. The quantitative estimate of drug-likeness (QED) is 0.744. The van der Waals surface area contributed by atoms with Crippen molar-refractivity contribution in [3.05, 3.63) is 82.9 Å². The van der Waals surface area contributed by atoms with Crippen LogP contribution < -0.4 is 5.73 Å². The van der Waals surface area contributed by atoms with Crippen molar-refractivity contribution in [2.24, 2.45) is 5.73 Å². The first-order valence-corrected chi connectivity index (χ1v) is 9.20. The van der Waals surface area contributed by atoms with Gasteiger partial charge in [0.25, 0.3) is 5.91 Å². The van der Waals surface area contributed by atoms with Gasteiger partial charge >= 0.3 is 0 Å². The highest BCUT2D eigenvalue weighted by molar-refractivity contribution is 5.95. The highest BCUT2D eigenvalue weighted by Gasteiger charge is 2.32. The SMILES string of the molecule is N#Cc1ccc(C2CN(C(=O)c3ccc(CN)c(-n4ccnc4C#N)c3)C2)cc1. The Morgan fingerprint density at radius 2 is 1.90 bits per heavy atom. The molecule has 2 aromatic carbocycles. The molecular formula is C22H18N6O. The van der Waals surface area contributed by atoms with Crippen LogP contribution in [0.15, 0.2) is 54.9 Å². The largest absolute Gasteiger partial charge is 0.337 e. The van der Waals surface area contributed by atoms with Gasteiger partial charge in [0.15, 0.2) is 0 Å². The number of hydrogen-bond acceptors (Lipinski definition) is 5. The minimum atomic E-state index is -0.0571. The number of imidazole rings is 1. The lowest BCUT2D eigenvalue weighted by molar-refractivity contribution is 0.0602. The molecule has 0 aliphatic carbocycles. The second kappa shape index (κ2) is 7.59. The summed E-state index contributed by atoms with van der Waals surface area (Å²) < 4.78 is 1.65. The first-order chi connectivity index (χ1) is 14.1. The average molecular weight is 382 g/mol. The second-order valence-electron chi connectivity index (χ2n) is 6.92. The summed E-state index contributed by atoms with van der Waals surface area (Å²) >= 11 is 0. The van der Waals surface area contributed by atoms with Crippen LogP contribution in [0.25, 0.3) is 5.69 Å². The van der Waals surface area contributed by atoms with E-state index >= 15 is 0 Å². The molecule has 1 aliphatic heterocycles.